The van der Waals surface area contributed by atoms with E-state index in [2.05, 4.69) is 4.98 Å². The third-order valence-electron chi connectivity index (χ3n) is 3.77. The lowest BCUT2D eigenvalue weighted by Gasteiger charge is -2.19. The number of carbonyl (C=O) groups excluding carboxylic acids is 1. The number of hydrogen-bond donors (Lipinski definition) is 2. The van der Waals surface area contributed by atoms with Gasteiger partial charge in [-0.2, -0.15) is 0 Å². The highest BCUT2D eigenvalue weighted by atomic mass is 35.5. The minimum Gasteiger partial charge on any atom is -0.505 e. The van der Waals surface area contributed by atoms with Crippen molar-refractivity contribution < 1.29 is 14.6 Å². The highest BCUT2D eigenvalue weighted by Gasteiger charge is 2.28. The number of aromatic nitrogens is 1. The summed E-state index contributed by atoms with van der Waals surface area (Å²) in [6, 6.07) is 16.4. The monoisotopic (exact) mass is 369 g/mol. The first-order chi connectivity index (χ1) is 12.3. The molecule has 3 rings (SSSR count). The molecule has 1 heterocycles. The number of aromatic hydroxyl groups is 1. The van der Waals surface area contributed by atoms with Gasteiger partial charge in [0.15, 0.2) is 5.75 Å². The van der Waals surface area contributed by atoms with Gasteiger partial charge < -0.3 is 14.8 Å². The number of benzene rings is 2. The molecule has 134 valence electrons. The van der Waals surface area contributed by atoms with Gasteiger partial charge >= 0.3 is 5.97 Å². The number of ether oxygens (including phenoxy) is 1. The van der Waals surface area contributed by atoms with Gasteiger partial charge in [-0.1, -0.05) is 54.1 Å². The van der Waals surface area contributed by atoms with Crippen LogP contribution in [0.25, 0.3) is 22.5 Å². The lowest BCUT2D eigenvalue weighted by Crippen LogP contribution is -2.24. The summed E-state index contributed by atoms with van der Waals surface area (Å²) in [6.45, 7) is 5.37. The second-order valence-corrected chi connectivity index (χ2v) is 7.41. The molecule has 1 aromatic heterocycles. The summed E-state index contributed by atoms with van der Waals surface area (Å²) in [5.41, 5.74) is 1.91. The number of aromatic amines is 1. The van der Waals surface area contributed by atoms with E-state index in [4.69, 9.17) is 16.3 Å². The van der Waals surface area contributed by atoms with Crippen LogP contribution in [-0.4, -0.2) is 21.7 Å². The Morgan fingerprint density at radius 1 is 0.962 bits per heavy atom. The zero-order valence-corrected chi connectivity index (χ0v) is 15.6. The third kappa shape index (κ3) is 3.75. The summed E-state index contributed by atoms with van der Waals surface area (Å²) in [7, 11) is 0. The Bertz CT molecular complexity index is 922. The molecule has 0 saturated carbocycles. The average Bonchev–Trinajstić information content (AvgIpc) is 2.92. The molecule has 0 atom stereocenters. The maximum atomic E-state index is 12.8. The van der Waals surface area contributed by atoms with E-state index in [9.17, 15) is 9.90 Å². The summed E-state index contributed by atoms with van der Waals surface area (Å²) in [6.07, 6.45) is 0. The van der Waals surface area contributed by atoms with Crippen molar-refractivity contribution in [3.63, 3.8) is 0 Å². The van der Waals surface area contributed by atoms with Crippen LogP contribution in [0.5, 0.6) is 5.75 Å². The zero-order chi connectivity index (χ0) is 18.9. The van der Waals surface area contributed by atoms with Crippen LogP contribution in [0, 0.1) is 0 Å². The normalized spacial score (nSPS) is 11.4. The van der Waals surface area contributed by atoms with Crippen LogP contribution >= 0.6 is 11.6 Å². The Morgan fingerprint density at radius 3 is 2.12 bits per heavy atom. The van der Waals surface area contributed by atoms with E-state index in [-0.39, 0.29) is 11.3 Å². The molecular formula is C21H20ClNO3. The first kappa shape index (κ1) is 18.1. The molecule has 2 aromatic carbocycles. The summed E-state index contributed by atoms with van der Waals surface area (Å²) >= 11 is 5.95. The lowest BCUT2D eigenvalue weighted by molar-refractivity contribution is 0.00682. The summed E-state index contributed by atoms with van der Waals surface area (Å²) < 4.78 is 5.50. The van der Waals surface area contributed by atoms with Gasteiger partial charge in [-0.25, -0.2) is 4.79 Å². The van der Waals surface area contributed by atoms with Crippen molar-refractivity contribution in [3.05, 3.63) is 65.2 Å². The van der Waals surface area contributed by atoms with Crippen molar-refractivity contribution in [1.29, 1.82) is 0 Å². The van der Waals surface area contributed by atoms with Gasteiger partial charge in [0.05, 0.1) is 11.4 Å². The Balaban J connectivity index is 2.17. The van der Waals surface area contributed by atoms with Gasteiger partial charge in [-0.05, 0) is 38.5 Å². The molecule has 0 aliphatic carbocycles. The fourth-order valence-corrected chi connectivity index (χ4v) is 2.79. The predicted molar refractivity (Wildman–Crippen MR) is 104 cm³/mol. The fourth-order valence-electron chi connectivity index (χ4n) is 2.66. The molecule has 0 unspecified atom stereocenters. The largest absolute Gasteiger partial charge is 0.505 e. The minimum atomic E-state index is -0.671. The van der Waals surface area contributed by atoms with Gasteiger partial charge in [-0.15, -0.1) is 0 Å². The average molecular weight is 370 g/mol. The lowest BCUT2D eigenvalue weighted by atomic mass is 10.1. The second-order valence-electron chi connectivity index (χ2n) is 6.97. The predicted octanol–water partition coefficient (Wildman–Crippen LogP) is 5.66. The van der Waals surface area contributed by atoms with Crippen molar-refractivity contribution in [2.24, 2.45) is 0 Å². The van der Waals surface area contributed by atoms with Crippen molar-refractivity contribution in [2.45, 2.75) is 26.4 Å². The molecule has 0 spiro atoms. The highest BCUT2D eigenvalue weighted by molar-refractivity contribution is 6.30. The van der Waals surface area contributed by atoms with Crippen molar-refractivity contribution >= 4 is 17.6 Å². The third-order valence-corrected chi connectivity index (χ3v) is 4.02. The van der Waals surface area contributed by atoms with E-state index in [1.165, 1.54) is 0 Å². The topological polar surface area (TPSA) is 62.3 Å². The molecule has 0 aliphatic rings. The number of esters is 1. The maximum Gasteiger partial charge on any atom is 0.344 e. The molecular weight excluding hydrogens is 350 g/mol. The summed E-state index contributed by atoms with van der Waals surface area (Å²) in [5.74, 6) is -0.717. The van der Waals surface area contributed by atoms with Gasteiger partial charge in [0.25, 0.3) is 0 Å². The standard InChI is InChI=1S/C21H20ClNO3/c1-21(2,3)26-20(25)16-17(13-7-5-4-6-8-13)23-18(19(16)24)14-9-11-15(22)12-10-14/h4-12,23-24H,1-3H3. The molecule has 0 bridgehead atoms. The molecule has 4 nitrogen and oxygen atoms in total. The molecule has 0 saturated heterocycles. The summed E-state index contributed by atoms with van der Waals surface area (Å²) in [4.78, 5) is 15.9. The molecule has 0 aliphatic heterocycles. The zero-order valence-electron chi connectivity index (χ0n) is 14.8. The fraction of sp³-hybridized carbons (Fsp3) is 0.190. The second kappa shape index (κ2) is 6.89. The van der Waals surface area contributed by atoms with E-state index >= 15 is 0 Å². The van der Waals surface area contributed by atoms with Gasteiger partial charge in [0.1, 0.15) is 11.2 Å². The molecule has 5 heteroatoms. The van der Waals surface area contributed by atoms with E-state index < -0.39 is 11.6 Å². The van der Waals surface area contributed by atoms with E-state index in [1.54, 1.807) is 45.0 Å². The van der Waals surface area contributed by atoms with Crippen LogP contribution in [0.3, 0.4) is 0 Å². The Kier molecular flexibility index (Phi) is 4.79. The van der Waals surface area contributed by atoms with Crippen LogP contribution in [0.15, 0.2) is 54.6 Å². The number of hydrogen-bond acceptors (Lipinski definition) is 3. The quantitative estimate of drug-likeness (QED) is 0.585. The van der Waals surface area contributed by atoms with Gasteiger partial charge in [0.2, 0.25) is 0 Å². The molecule has 0 amide bonds. The Hall–Kier alpha value is -2.72. The molecule has 2 N–H and O–H groups in total. The molecule has 0 fully saturated rings. The van der Waals surface area contributed by atoms with Crippen LogP contribution in [0.2, 0.25) is 5.02 Å². The van der Waals surface area contributed by atoms with Crippen molar-refractivity contribution in [2.75, 3.05) is 0 Å². The first-order valence-corrected chi connectivity index (χ1v) is 8.63. The number of H-pyrrole nitrogens is 1. The van der Waals surface area contributed by atoms with Gasteiger partial charge in [-0.3, -0.25) is 0 Å². The van der Waals surface area contributed by atoms with Crippen molar-refractivity contribution in [3.8, 4) is 28.3 Å². The number of carbonyl (C=O) groups is 1. The molecule has 0 radical (unpaired) electrons. The number of halogens is 1. The van der Waals surface area contributed by atoms with E-state index in [0.29, 0.717) is 16.4 Å². The van der Waals surface area contributed by atoms with Crippen LogP contribution in [0.1, 0.15) is 31.1 Å². The van der Waals surface area contributed by atoms with E-state index in [1.807, 2.05) is 30.3 Å². The highest BCUT2D eigenvalue weighted by Crippen LogP contribution is 2.39. The number of rotatable bonds is 3. The SMILES string of the molecule is CC(C)(C)OC(=O)c1c(-c2ccccc2)[nH]c(-c2ccc(Cl)cc2)c1O. The van der Waals surface area contributed by atoms with Crippen LogP contribution in [-0.2, 0) is 4.74 Å². The van der Waals surface area contributed by atoms with Crippen LogP contribution in [0.4, 0.5) is 0 Å². The molecule has 26 heavy (non-hydrogen) atoms. The van der Waals surface area contributed by atoms with Gasteiger partial charge in [0, 0.05) is 10.6 Å². The molecule has 3 aromatic rings. The van der Waals surface area contributed by atoms with E-state index in [0.717, 1.165) is 11.1 Å². The minimum absolute atomic E-state index is 0.121. The Morgan fingerprint density at radius 2 is 1.54 bits per heavy atom. The summed E-state index contributed by atoms with van der Waals surface area (Å²) in [5, 5.41) is 11.4. The smallest absolute Gasteiger partial charge is 0.344 e. The first-order valence-electron chi connectivity index (χ1n) is 8.26. The maximum absolute atomic E-state index is 12.8. The number of nitrogens with one attached hydrogen (secondary N) is 1. The Labute approximate surface area is 157 Å². The van der Waals surface area contributed by atoms with Crippen molar-refractivity contribution in [1.82, 2.24) is 4.98 Å². The van der Waals surface area contributed by atoms with Crippen LogP contribution < -0.4 is 0 Å².